The molecular weight excluding hydrogens is 272 g/mol. The van der Waals surface area contributed by atoms with Gasteiger partial charge < -0.3 is 19.3 Å². The highest BCUT2D eigenvalue weighted by atomic mass is 16.6. The number of carbonyl (C=O) groups excluding carboxylic acids is 1. The summed E-state index contributed by atoms with van der Waals surface area (Å²) in [6.45, 7) is 3.57. The molecule has 0 aliphatic carbocycles. The molecule has 21 heavy (non-hydrogen) atoms. The smallest absolute Gasteiger partial charge is 0.311 e. The molecule has 0 aliphatic heterocycles. The summed E-state index contributed by atoms with van der Waals surface area (Å²) in [5, 5.41) is 11.6. The van der Waals surface area contributed by atoms with Gasteiger partial charge in [-0.3, -0.25) is 4.79 Å². The summed E-state index contributed by atoms with van der Waals surface area (Å²) < 4.78 is 15.9. The van der Waals surface area contributed by atoms with Crippen LogP contribution < -0.4 is 14.2 Å². The number of fused-ring (bicyclic) bond motifs is 1. The molecule has 0 spiro atoms. The molecule has 0 radical (unpaired) electrons. The fourth-order valence-electron chi connectivity index (χ4n) is 2.28. The monoisotopic (exact) mass is 290 g/mol. The Kier molecular flexibility index (Phi) is 4.21. The standard InChI is InChI=1S/C16H18O5/c1-5-11(17)21-14-10-8-6-7-9(2)12(10)13(18)15(19-3)16(14)20-4/h6-8,18H,5H2,1-4H3. The lowest BCUT2D eigenvalue weighted by molar-refractivity contribution is -0.134. The molecule has 0 fully saturated rings. The molecular formula is C16H18O5. The Balaban J connectivity index is 2.88. The van der Waals surface area contributed by atoms with Crippen LogP contribution in [0.3, 0.4) is 0 Å². The highest BCUT2D eigenvalue weighted by molar-refractivity contribution is 6.01. The summed E-state index contributed by atoms with van der Waals surface area (Å²) in [5.41, 5.74) is 0.847. The van der Waals surface area contributed by atoms with Crippen molar-refractivity contribution >= 4 is 16.7 Å². The van der Waals surface area contributed by atoms with Gasteiger partial charge in [-0.15, -0.1) is 0 Å². The van der Waals surface area contributed by atoms with Gasteiger partial charge in [-0.1, -0.05) is 25.1 Å². The second-order valence-electron chi connectivity index (χ2n) is 4.57. The third-order valence-corrected chi connectivity index (χ3v) is 3.29. The average molecular weight is 290 g/mol. The van der Waals surface area contributed by atoms with E-state index in [2.05, 4.69) is 0 Å². The summed E-state index contributed by atoms with van der Waals surface area (Å²) in [5.74, 6) is 0.202. The largest absolute Gasteiger partial charge is 0.504 e. The zero-order chi connectivity index (χ0) is 15.6. The van der Waals surface area contributed by atoms with Crippen LogP contribution in [0.5, 0.6) is 23.0 Å². The molecule has 0 unspecified atom stereocenters. The maximum Gasteiger partial charge on any atom is 0.311 e. The van der Waals surface area contributed by atoms with Gasteiger partial charge in [0.2, 0.25) is 11.5 Å². The van der Waals surface area contributed by atoms with E-state index in [1.165, 1.54) is 14.2 Å². The molecule has 112 valence electrons. The van der Waals surface area contributed by atoms with Gasteiger partial charge in [0.1, 0.15) is 0 Å². The van der Waals surface area contributed by atoms with E-state index in [-0.39, 0.29) is 35.4 Å². The third-order valence-electron chi connectivity index (χ3n) is 3.29. The van der Waals surface area contributed by atoms with Crippen LogP contribution in [0.2, 0.25) is 0 Å². The quantitative estimate of drug-likeness (QED) is 0.692. The summed E-state index contributed by atoms with van der Waals surface area (Å²) >= 11 is 0. The average Bonchev–Trinajstić information content (AvgIpc) is 2.49. The number of rotatable bonds is 4. The molecule has 1 N–H and O–H groups in total. The van der Waals surface area contributed by atoms with Gasteiger partial charge in [-0.05, 0) is 12.5 Å². The first-order chi connectivity index (χ1) is 10.0. The van der Waals surface area contributed by atoms with Crippen molar-refractivity contribution in [1.29, 1.82) is 0 Å². The predicted molar refractivity (Wildman–Crippen MR) is 79.4 cm³/mol. The van der Waals surface area contributed by atoms with Crippen molar-refractivity contribution in [2.24, 2.45) is 0 Å². The number of aryl methyl sites for hydroxylation is 1. The van der Waals surface area contributed by atoms with Crippen molar-refractivity contribution in [1.82, 2.24) is 0 Å². The molecule has 2 aromatic carbocycles. The van der Waals surface area contributed by atoms with Gasteiger partial charge in [0.15, 0.2) is 11.5 Å². The number of hydrogen-bond acceptors (Lipinski definition) is 5. The van der Waals surface area contributed by atoms with E-state index >= 15 is 0 Å². The predicted octanol–water partition coefficient (Wildman–Crippen LogP) is 3.19. The molecule has 5 heteroatoms. The van der Waals surface area contributed by atoms with Crippen LogP contribution in [-0.4, -0.2) is 25.3 Å². The van der Waals surface area contributed by atoms with Gasteiger partial charge in [-0.2, -0.15) is 0 Å². The van der Waals surface area contributed by atoms with Crippen LogP contribution in [0, 0.1) is 6.92 Å². The number of phenolic OH excluding ortho intramolecular Hbond substituents is 1. The van der Waals surface area contributed by atoms with E-state index in [0.717, 1.165) is 5.56 Å². The number of methoxy groups -OCH3 is 2. The zero-order valence-corrected chi connectivity index (χ0v) is 12.5. The van der Waals surface area contributed by atoms with Crippen molar-refractivity contribution < 1.29 is 24.1 Å². The molecule has 0 aromatic heterocycles. The summed E-state index contributed by atoms with van der Waals surface area (Å²) in [4.78, 5) is 11.7. The van der Waals surface area contributed by atoms with Gasteiger partial charge in [0.25, 0.3) is 0 Å². The van der Waals surface area contributed by atoms with Gasteiger partial charge in [-0.25, -0.2) is 0 Å². The number of benzene rings is 2. The Morgan fingerprint density at radius 2 is 1.81 bits per heavy atom. The van der Waals surface area contributed by atoms with E-state index in [0.29, 0.717) is 10.8 Å². The highest BCUT2D eigenvalue weighted by Crippen LogP contribution is 2.51. The number of carbonyl (C=O) groups is 1. The molecule has 0 heterocycles. The molecule has 0 bridgehead atoms. The first kappa shape index (κ1) is 15.0. The SMILES string of the molecule is CCC(=O)Oc1c(OC)c(OC)c(O)c2c(C)cccc12. The van der Waals surface area contributed by atoms with Crippen molar-refractivity contribution in [2.75, 3.05) is 14.2 Å². The minimum absolute atomic E-state index is 0.0289. The Morgan fingerprint density at radius 3 is 2.38 bits per heavy atom. The number of ether oxygens (including phenoxy) is 3. The second-order valence-corrected chi connectivity index (χ2v) is 4.57. The van der Waals surface area contributed by atoms with Crippen molar-refractivity contribution in [3.63, 3.8) is 0 Å². The Labute approximate surface area is 123 Å². The maximum absolute atomic E-state index is 11.7. The molecule has 0 aliphatic rings. The Morgan fingerprint density at radius 1 is 1.14 bits per heavy atom. The van der Waals surface area contributed by atoms with Crippen LogP contribution in [-0.2, 0) is 4.79 Å². The third kappa shape index (κ3) is 2.46. The number of esters is 1. The fraction of sp³-hybridized carbons (Fsp3) is 0.312. The van der Waals surface area contributed by atoms with Gasteiger partial charge in [0.05, 0.1) is 14.2 Å². The van der Waals surface area contributed by atoms with Crippen molar-refractivity contribution in [3.8, 4) is 23.0 Å². The molecule has 5 nitrogen and oxygen atoms in total. The van der Waals surface area contributed by atoms with Crippen LogP contribution >= 0.6 is 0 Å². The van der Waals surface area contributed by atoms with Crippen LogP contribution in [0.25, 0.3) is 10.8 Å². The van der Waals surface area contributed by atoms with E-state index in [4.69, 9.17) is 14.2 Å². The molecule has 2 aromatic rings. The first-order valence-corrected chi connectivity index (χ1v) is 6.62. The van der Waals surface area contributed by atoms with Crippen molar-refractivity contribution in [3.05, 3.63) is 23.8 Å². The normalized spacial score (nSPS) is 10.5. The maximum atomic E-state index is 11.7. The van der Waals surface area contributed by atoms with Crippen LogP contribution in [0.1, 0.15) is 18.9 Å². The van der Waals surface area contributed by atoms with Crippen molar-refractivity contribution in [2.45, 2.75) is 20.3 Å². The lowest BCUT2D eigenvalue weighted by Crippen LogP contribution is -2.08. The summed E-state index contributed by atoms with van der Waals surface area (Å²) in [6, 6.07) is 5.45. The molecule has 0 saturated carbocycles. The minimum atomic E-state index is -0.385. The highest BCUT2D eigenvalue weighted by Gasteiger charge is 2.24. The number of phenols is 1. The molecule has 0 atom stereocenters. The first-order valence-electron chi connectivity index (χ1n) is 6.62. The summed E-state index contributed by atoms with van der Waals surface area (Å²) in [7, 11) is 2.86. The van der Waals surface area contributed by atoms with Crippen LogP contribution in [0.15, 0.2) is 18.2 Å². The molecule has 0 saturated heterocycles. The topological polar surface area (TPSA) is 65.0 Å². The number of hydrogen-bond donors (Lipinski definition) is 1. The minimum Gasteiger partial charge on any atom is -0.504 e. The molecule has 2 rings (SSSR count). The number of aromatic hydroxyl groups is 1. The van der Waals surface area contributed by atoms with Gasteiger partial charge in [0, 0.05) is 17.2 Å². The Bertz CT molecular complexity index is 691. The summed E-state index contributed by atoms with van der Waals surface area (Å²) in [6.07, 6.45) is 0.236. The fourth-order valence-corrected chi connectivity index (χ4v) is 2.28. The second kappa shape index (κ2) is 5.91. The lowest BCUT2D eigenvalue weighted by atomic mass is 10.0. The van der Waals surface area contributed by atoms with Crippen LogP contribution in [0.4, 0.5) is 0 Å². The van der Waals surface area contributed by atoms with Gasteiger partial charge >= 0.3 is 5.97 Å². The van der Waals surface area contributed by atoms with E-state index < -0.39 is 0 Å². The van der Waals surface area contributed by atoms with E-state index in [9.17, 15) is 9.90 Å². The van der Waals surface area contributed by atoms with E-state index in [1.54, 1.807) is 13.0 Å². The molecule has 0 amide bonds. The van der Waals surface area contributed by atoms with E-state index in [1.807, 2.05) is 19.1 Å². The zero-order valence-electron chi connectivity index (χ0n) is 12.5. The Hall–Kier alpha value is -2.43. The lowest BCUT2D eigenvalue weighted by Gasteiger charge is -2.18.